The lowest BCUT2D eigenvalue weighted by atomic mass is 10.1. The highest BCUT2D eigenvalue weighted by Gasteiger charge is 2.21. The van der Waals surface area contributed by atoms with Gasteiger partial charge >= 0.3 is 6.03 Å². The van der Waals surface area contributed by atoms with E-state index in [1.165, 1.54) is 0 Å². The molecule has 0 fully saturated rings. The van der Waals surface area contributed by atoms with E-state index in [1.807, 2.05) is 18.2 Å². The molecule has 0 saturated carbocycles. The number of anilines is 1. The number of aromatic amines is 1. The summed E-state index contributed by atoms with van der Waals surface area (Å²) in [6.07, 6.45) is 0. The number of carbonyl (C=O) groups is 1. The molecule has 6 rings (SSSR count). The van der Waals surface area contributed by atoms with Gasteiger partial charge < -0.3 is 34.1 Å². The van der Waals surface area contributed by atoms with Crippen molar-refractivity contribution in [3.8, 4) is 23.0 Å². The monoisotopic (exact) mass is 519 g/mol. The zero-order valence-electron chi connectivity index (χ0n) is 19.6. The van der Waals surface area contributed by atoms with Crippen LogP contribution in [0.1, 0.15) is 11.1 Å². The summed E-state index contributed by atoms with van der Waals surface area (Å²) in [5, 5.41) is 4.15. The molecule has 0 atom stereocenters. The van der Waals surface area contributed by atoms with Crippen molar-refractivity contribution in [2.75, 3.05) is 25.3 Å². The fourth-order valence-electron chi connectivity index (χ4n) is 4.34. The molecule has 9 nitrogen and oxygen atoms in total. The van der Waals surface area contributed by atoms with Gasteiger partial charge in [-0.2, -0.15) is 0 Å². The minimum Gasteiger partial charge on any atom is -0.486 e. The molecular formula is C27H22ClN3O6. The van der Waals surface area contributed by atoms with Gasteiger partial charge in [0, 0.05) is 34.3 Å². The zero-order chi connectivity index (χ0) is 25.4. The Hall–Kier alpha value is -4.37. The molecule has 2 aliphatic rings. The van der Waals surface area contributed by atoms with E-state index >= 15 is 0 Å². The first-order chi connectivity index (χ1) is 18.0. The number of halogens is 1. The van der Waals surface area contributed by atoms with Crippen LogP contribution < -0.4 is 29.8 Å². The number of pyridine rings is 1. The van der Waals surface area contributed by atoms with Crippen molar-refractivity contribution in [1.29, 1.82) is 0 Å². The second kappa shape index (κ2) is 9.59. The van der Waals surface area contributed by atoms with E-state index in [2.05, 4.69) is 10.3 Å². The average Bonchev–Trinajstić information content (AvgIpc) is 3.35. The molecule has 0 radical (unpaired) electrons. The lowest BCUT2D eigenvalue weighted by Gasteiger charge is -2.24. The summed E-state index contributed by atoms with van der Waals surface area (Å²) in [5.74, 6) is 2.47. The minimum atomic E-state index is -0.387. The average molecular weight is 520 g/mol. The molecule has 188 valence electrons. The number of benzene rings is 3. The van der Waals surface area contributed by atoms with Crippen molar-refractivity contribution in [3.05, 3.63) is 87.2 Å². The molecule has 10 heteroatoms. The number of nitrogens with zero attached hydrogens (tertiary/aromatic N) is 1. The number of hydrogen-bond acceptors (Lipinski definition) is 6. The van der Waals surface area contributed by atoms with E-state index in [0.717, 1.165) is 10.9 Å². The van der Waals surface area contributed by atoms with Gasteiger partial charge in [0.05, 0.1) is 12.1 Å². The van der Waals surface area contributed by atoms with Crippen molar-refractivity contribution < 1.29 is 23.7 Å². The smallest absolute Gasteiger partial charge is 0.322 e. The van der Waals surface area contributed by atoms with Crippen LogP contribution in [0, 0.1) is 0 Å². The maximum absolute atomic E-state index is 13.4. The Balaban J connectivity index is 1.32. The number of urea groups is 1. The Morgan fingerprint density at radius 3 is 2.51 bits per heavy atom. The highest BCUT2D eigenvalue weighted by Crippen LogP contribution is 2.34. The number of H-pyrrole nitrogens is 1. The van der Waals surface area contributed by atoms with Crippen molar-refractivity contribution in [2.24, 2.45) is 0 Å². The zero-order valence-corrected chi connectivity index (χ0v) is 20.3. The Labute approximate surface area is 216 Å². The number of amides is 2. The van der Waals surface area contributed by atoms with E-state index in [9.17, 15) is 9.59 Å². The van der Waals surface area contributed by atoms with Gasteiger partial charge in [0.1, 0.15) is 13.2 Å². The van der Waals surface area contributed by atoms with Crippen molar-refractivity contribution >= 4 is 34.2 Å². The summed E-state index contributed by atoms with van der Waals surface area (Å²) >= 11 is 6.09. The molecule has 3 aromatic carbocycles. The standard InChI is InChI=1S/C27H22ClN3O6/c28-19-2-1-3-20(11-19)29-27(33)31(13-16-4-5-22-23(8-16)37-15-36-22)14-18-9-17-10-24-25(35-7-6-34-24)12-21(17)30-26(18)32/h1-5,8-12H,6-7,13-15H2,(H,29,33)(H,30,32). The first-order valence-electron chi connectivity index (χ1n) is 11.7. The molecule has 2 amide bonds. The number of carbonyl (C=O) groups excluding carboxylic acids is 1. The van der Waals surface area contributed by atoms with Gasteiger partial charge in [-0.25, -0.2) is 4.79 Å². The number of fused-ring (bicyclic) bond motifs is 3. The predicted molar refractivity (Wildman–Crippen MR) is 138 cm³/mol. The summed E-state index contributed by atoms with van der Waals surface area (Å²) in [6.45, 7) is 1.35. The maximum Gasteiger partial charge on any atom is 0.322 e. The summed E-state index contributed by atoms with van der Waals surface area (Å²) in [6, 6.07) is 17.3. The number of ether oxygens (including phenoxy) is 4. The Morgan fingerprint density at radius 1 is 0.892 bits per heavy atom. The normalized spacial score (nSPS) is 13.4. The molecule has 1 aromatic heterocycles. The molecule has 4 aromatic rings. The van der Waals surface area contributed by atoms with Crippen molar-refractivity contribution in [3.63, 3.8) is 0 Å². The molecule has 0 unspecified atom stereocenters. The van der Waals surface area contributed by atoms with Gasteiger partial charge in [-0.3, -0.25) is 4.79 Å². The van der Waals surface area contributed by atoms with Gasteiger partial charge in [-0.05, 0) is 48.0 Å². The second-order valence-corrected chi connectivity index (χ2v) is 9.13. The lowest BCUT2D eigenvalue weighted by Crippen LogP contribution is -2.35. The lowest BCUT2D eigenvalue weighted by molar-refractivity contribution is 0.172. The van der Waals surface area contributed by atoms with Crippen LogP contribution in [0.25, 0.3) is 10.9 Å². The highest BCUT2D eigenvalue weighted by atomic mass is 35.5. The third-order valence-electron chi connectivity index (χ3n) is 6.12. The molecule has 0 bridgehead atoms. The van der Waals surface area contributed by atoms with Crippen LogP contribution in [0.2, 0.25) is 5.02 Å². The van der Waals surface area contributed by atoms with Gasteiger partial charge in [0.25, 0.3) is 5.56 Å². The van der Waals surface area contributed by atoms with Crippen LogP contribution in [-0.4, -0.2) is 35.9 Å². The SMILES string of the molecule is O=C(Nc1cccc(Cl)c1)N(Cc1ccc2c(c1)OCO2)Cc1cc2cc3c(cc2[nH]c1=O)OCCO3. The van der Waals surface area contributed by atoms with Crippen LogP contribution in [-0.2, 0) is 13.1 Å². The first-order valence-corrected chi connectivity index (χ1v) is 12.1. The fraction of sp³-hybridized carbons (Fsp3) is 0.185. The van der Waals surface area contributed by atoms with Gasteiger partial charge in [0.2, 0.25) is 6.79 Å². The minimum absolute atomic E-state index is 0.0561. The molecule has 37 heavy (non-hydrogen) atoms. The molecular weight excluding hydrogens is 498 g/mol. The van der Waals surface area contributed by atoms with Crippen LogP contribution in [0.15, 0.2) is 65.5 Å². The van der Waals surface area contributed by atoms with E-state index in [1.54, 1.807) is 47.4 Å². The Morgan fingerprint density at radius 2 is 1.68 bits per heavy atom. The topological polar surface area (TPSA) is 102 Å². The van der Waals surface area contributed by atoms with Gasteiger partial charge in [-0.1, -0.05) is 23.7 Å². The molecule has 0 spiro atoms. The third-order valence-corrected chi connectivity index (χ3v) is 6.35. The van der Waals surface area contributed by atoms with E-state index in [-0.39, 0.29) is 31.5 Å². The predicted octanol–water partition coefficient (Wildman–Crippen LogP) is 4.92. The van der Waals surface area contributed by atoms with Gasteiger partial charge in [-0.15, -0.1) is 0 Å². The van der Waals surface area contributed by atoms with Crippen LogP contribution >= 0.6 is 11.6 Å². The molecule has 0 aliphatic carbocycles. The number of rotatable bonds is 5. The number of hydrogen-bond donors (Lipinski definition) is 2. The fourth-order valence-corrected chi connectivity index (χ4v) is 4.53. The van der Waals surface area contributed by atoms with Gasteiger partial charge in [0.15, 0.2) is 23.0 Å². The van der Waals surface area contributed by atoms with Crippen LogP contribution in [0.4, 0.5) is 10.5 Å². The highest BCUT2D eigenvalue weighted by molar-refractivity contribution is 6.30. The Bertz CT molecular complexity index is 1570. The summed E-state index contributed by atoms with van der Waals surface area (Å²) < 4.78 is 22.2. The van der Waals surface area contributed by atoms with E-state index in [4.69, 9.17) is 30.5 Å². The Kier molecular flexibility index (Phi) is 5.97. The van der Waals surface area contributed by atoms with Crippen molar-refractivity contribution in [1.82, 2.24) is 9.88 Å². The third kappa shape index (κ3) is 4.85. The van der Waals surface area contributed by atoms with Crippen molar-refractivity contribution in [2.45, 2.75) is 13.1 Å². The summed E-state index contributed by atoms with van der Waals surface area (Å²) in [5.41, 5.74) is 2.12. The largest absolute Gasteiger partial charge is 0.486 e. The first kappa shape index (κ1) is 23.1. The summed E-state index contributed by atoms with van der Waals surface area (Å²) in [7, 11) is 0. The molecule has 3 heterocycles. The molecule has 2 aliphatic heterocycles. The van der Waals surface area contributed by atoms with Crippen LogP contribution in [0.3, 0.4) is 0 Å². The number of aromatic nitrogens is 1. The molecule has 2 N–H and O–H groups in total. The number of nitrogens with one attached hydrogen (secondary N) is 2. The van der Waals surface area contributed by atoms with E-state index < -0.39 is 0 Å². The van der Waals surface area contributed by atoms with E-state index in [0.29, 0.717) is 58.0 Å². The summed E-state index contributed by atoms with van der Waals surface area (Å²) in [4.78, 5) is 30.9. The van der Waals surface area contributed by atoms with Crippen LogP contribution in [0.5, 0.6) is 23.0 Å². The molecule has 0 saturated heterocycles. The maximum atomic E-state index is 13.4. The second-order valence-electron chi connectivity index (χ2n) is 8.69. The quantitative estimate of drug-likeness (QED) is 0.388.